The standard InChI is InChI=1S/C31H45N7O2/c1-6-12-38-13-8-11-24(38)31(40)37(5)15-14-36(4)29-22(16-21-10-7-9-19(2)27(21)35-29)17-34-30(39)26-25-20(3)23(25)18-33-28(26)32/h7,9-10,16,18,20,23-26,28H,6,8,11-15,17,32H2,1-5H3,(H,34,39). The van der Waals surface area contributed by atoms with Crippen molar-refractivity contribution in [1.29, 1.82) is 0 Å². The van der Waals surface area contributed by atoms with Crippen LogP contribution in [0.3, 0.4) is 0 Å². The number of fused-ring (bicyclic) bond motifs is 2. The molecule has 0 spiro atoms. The van der Waals surface area contributed by atoms with Crippen LogP contribution in [0.1, 0.15) is 44.2 Å². The van der Waals surface area contributed by atoms with Crippen LogP contribution in [-0.4, -0.2) is 85.3 Å². The van der Waals surface area contributed by atoms with Crippen LogP contribution in [0.25, 0.3) is 10.9 Å². The van der Waals surface area contributed by atoms with Crippen LogP contribution in [-0.2, 0) is 16.1 Å². The average Bonchev–Trinajstić information content (AvgIpc) is 3.35. The van der Waals surface area contributed by atoms with Crippen LogP contribution in [0, 0.1) is 30.6 Å². The molecule has 216 valence electrons. The Morgan fingerprint density at radius 3 is 2.80 bits per heavy atom. The second-order valence-electron chi connectivity index (χ2n) is 12.0. The first-order chi connectivity index (χ1) is 19.2. The van der Waals surface area contributed by atoms with Crippen molar-refractivity contribution in [3.63, 3.8) is 0 Å². The molecule has 2 aliphatic heterocycles. The van der Waals surface area contributed by atoms with Crippen molar-refractivity contribution in [3.05, 3.63) is 35.4 Å². The molecule has 3 aliphatic rings. The summed E-state index contributed by atoms with van der Waals surface area (Å²) in [4.78, 5) is 42.3. The molecule has 0 radical (unpaired) electrons. The summed E-state index contributed by atoms with van der Waals surface area (Å²) in [7, 11) is 3.91. The molecule has 9 heteroatoms. The Balaban J connectivity index is 1.30. The minimum absolute atomic E-state index is 0.00764. The predicted molar refractivity (Wildman–Crippen MR) is 160 cm³/mol. The minimum Gasteiger partial charge on any atom is -0.358 e. The summed E-state index contributed by atoms with van der Waals surface area (Å²) in [5.41, 5.74) is 9.24. The highest BCUT2D eigenvalue weighted by Gasteiger charge is 2.56. The molecule has 6 unspecified atom stereocenters. The van der Waals surface area contributed by atoms with E-state index in [1.807, 2.05) is 31.3 Å². The summed E-state index contributed by atoms with van der Waals surface area (Å²) >= 11 is 0. The number of nitrogens with zero attached hydrogens (tertiary/aromatic N) is 5. The van der Waals surface area contributed by atoms with E-state index in [1.165, 1.54) is 0 Å². The van der Waals surface area contributed by atoms with Gasteiger partial charge in [-0.2, -0.15) is 0 Å². The highest BCUT2D eigenvalue weighted by atomic mass is 16.2. The number of pyridine rings is 1. The van der Waals surface area contributed by atoms with Gasteiger partial charge < -0.3 is 20.9 Å². The van der Waals surface area contributed by atoms with Gasteiger partial charge in [0.25, 0.3) is 0 Å². The van der Waals surface area contributed by atoms with Crippen LogP contribution in [0.5, 0.6) is 0 Å². The molecule has 2 fully saturated rings. The second kappa shape index (κ2) is 11.8. The summed E-state index contributed by atoms with van der Waals surface area (Å²) in [6.45, 7) is 9.96. The zero-order chi connectivity index (χ0) is 28.6. The highest BCUT2D eigenvalue weighted by molar-refractivity contribution is 5.86. The number of hydrogen-bond acceptors (Lipinski definition) is 7. The number of nitrogens with two attached hydrogens (primary N) is 1. The predicted octanol–water partition coefficient (Wildman–Crippen LogP) is 2.80. The summed E-state index contributed by atoms with van der Waals surface area (Å²) in [6, 6.07) is 8.27. The Labute approximate surface area is 238 Å². The molecule has 1 aromatic carbocycles. The quantitative estimate of drug-likeness (QED) is 0.474. The first-order valence-corrected chi connectivity index (χ1v) is 14.9. The highest BCUT2D eigenvalue weighted by Crippen LogP contribution is 2.52. The van der Waals surface area contributed by atoms with Crippen molar-refractivity contribution < 1.29 is 9.59 Å². The van der Waals surface area contributed by atoms with Gasteiger partial charge in [0.15, 0.2) is 0 Å². The zero-order valence-electron chi connectivity index (χ0n) is 24.6. The van der Waals surface area contributed by atoms with E-state index in [4.69, 9.17) is 10.7 Å². The average molecular weight is 548 g/mol. The van der Waals surface area contributed by atoms with Crippen molar-refractivity contribution in [2.45, 2.75) is 58.8 Å². The van der Waals surface area contributed by atoms with Crippen molar-refractivity contribution >= 4 is 34.7 Å². The molecule has 1 aliphatic carbocycles. The van der Waals surface area contributed by atoms with E-state index in [0.717, 1.165) is 60.2 Å². The van der Waals surface area contributed by atoms with Crippen LogP contribution in [0.15, 0.2) is 29.3 Å². The van der Waals surface area contributed by atoms with Gasteiger partial charge in [-0.1, -0.05) is 32.0 Å². The van der Waals surface area contributed by atoms with Crippen LogP contribution >= 0.6 is 0 Å². The number of likely N-dealkylation sites (tertiary alicyclic amines) is 1. The first-order valence-electron chi connectivity index (χ1n) is 14.9. The number of aliphatic imine (C=N–C) groups is 1. The maximum atomic E-state index is 13.3. The maximum Gasteiger partial charge on any atom is 0.239 e. The third kappa shape index (κ3) is 5.59. The molecule has 1 saturated heterocycles. The van der Waals surface area contributed by atoms with Gasteiger partial charge in [0, 0.05) is 56.8 Å². The Kier molecular flexibility index (Phi) is 8.42. The second-order valence-corrected chi connectivity index (χ2v) is 12.0. The molecule has 0 bridgehead atoms. The third-order valence-corrected chi connectivity index (χ3v) is 9.26. The fraction of sp³-hybridized carbons (Fsp3) is 0.613. The number of para-hydroxylation sites is 1. The lowest BCUT2D eigenvalue weighted by Crippen LogP contribution is -2.46. The van der Waals surface area contributed by atoms with Gasteiger partial charge >= 0.3 is 0 Å². The van der Waals surface area contributed by atoms with Crippen molar-refractivity contribution in [2.24, 2.45) is 34.4 Å². The number of likely N-dealkylation sites (N-methyl/N-ethyl adjacent to an activating group) is 2. The number of nitrogens with one attached hydrogen (secondary N) is 1. The molecule has 3 N–H and O–H groups in total. The van der Waals surface area contributed by atoms with Gasteiger partial charge in [-0.3, -0.25) is 19.5 Å². The Morgan fingerprint density at radius 2 is 2.02 bits per heavy atom. The van der Waals surface area contributed by atoms with Gasteiger partial charge in [0.1, 0.15) is 12.0 Å². The molecule has 2 amide bonds. The van der Waals surface area contributed by atoms with Crippen LogP contribution in [0.4, 0.5) is 5.82 Å². The zero-order valence-corrected chi connectivity index (χ0v) is 24.6. The number of hydrogen-bond donors (Lipinski definition) is 2. The number of amides is 2. The number of carbonyl (C=O) groups excluding carboxylic acids is 2. The third-order valence-electron chi connectivity index (χ3n) is 9.26. The number of benzene rings is 1. The molecule has 9 nitrogen and oxygen atoms in total. The SMILES string of the molecule is CCCN1CCCC1C(=O)N(C)CCN(C)c1nc2c(C)cccc2cc1CNC(=O)C1C(N)N=CC2C(C)C21. The Hall–Kier alpha value is -3.04. The monoisotopic (exact) mass is 547 g/mol. The molecule has 3 heterocycles. The van der Waals surface area contributed by atoms with Crippen molar-refractivity contribution in [3.8, 4) is 0 Å². The molecular weight excluding hydrogens is 502 g/mol. The lowest BCUT2D eigenvalue weighted by atomic mass is 9.95. The normalized spacial score (nSPS) is 27.4. The molecule has 40 heavy (non-hydrogen) atoms. The lowest BCUT2D eigenvalue weighted by Gasteiger charge is -2.30. The van der Waals surface area contributed by atoms with Gasteiger partial charge in [-0.05, 0) is 62.7 Å². The molecule has 2 aromatic rings. The van der Waals surface area contributed by atoms with Gasteiger partial charge in [0.2, 0.25) is 11.8 Å². The van der Waals surface area contributed by atoms with E-state index >= 15 is 0 Å². The van der Waals surface area contributed by atoms with E-state index in [1.54, 1.807) is 0 Å². The Morgan fingerprint density at radius 1 is 1.23 bits per heavy atom. The number of anilines is 1. The van der Waals surface area contributed by atoms with Gasteiger partial charge in [-0.25, -0.2) is 4.98 Å². The maximum absolute atomic E-state index is 13.3. The van der Waals surface area contributed by atoms with E-state index in [-0.39, 0.29) is 29.7 Å². The van der Waals surface area contributed by atoms with Crippen molar-refractivity contribution in [2.75, 3.05) is 45.2 Å². The number of carbonyl (C=O) groups is 2. The summed E-state index contributed by atoms with van der Waals surface area (Å²) in [5.74, 6) is 1.75. The fourth-order valence-electron chi connectivity index (χ4n) is 6.75. The minimum atomic E-state index is -0.494. The summed E-state index contributed by atoms with van der Waals surface area (Å²) in [5, 5.41) is 4.20. The van der Waals surface area contributed by atoms with E-state index in [0.29, 0.717) is 31.5 Å². The van der Waals surface area contributed by atoms with E-state index in [9.17, 15) is 9.59 Å². The van der Waals surface area contributed by atoms with Crippen molar-refractivity contribution in [1.82, 2.24) is 20.1 Å². The molecule has 6 atom stereocenters. The summed E-state index contributed by atoms with van der Waals surface area (Å²) < 4.78 is 0. The molecule has 1 saturated carbocycles. The number of aryl methyl sites for hydroxylation is 1. The summed E-state index contributed by atoms with van der Waals surface area (Å²) in [6.07, 6.45) is 4.51. The Bertz CT molecular complexity index is 1280. The van der Waals surface area contributed by atoms with Gasteiger partial charge in [-0.15, -0.1) is 0 Å². The number of rotatable bonds is 10. The fourth-order valence-corrected chi connectivity index (χ4v) is 6.75. The molecule has 5 rings (SSSR count). The van der Waals surface area contributed by atoms with Gasteiger partial charge in [0.05, 0.1) is 17.5 Å². The smallest absolute Gasteiger partial charge is 0.239 e. The first kappa shape index (κ1) is 28.5. The topological polar surface area (TPSA) is 107 Å². The van der Waals surface area contributed by atoms with Crippen LogP contribution in [0.2, 0.25) is 0 Å². The molecule has 1 aromatic heterocycles. The number of aromatic nitrogens is 1. The molecular formula is C31H45N7O2. The largest absolute Gasteiger partial charge is 0.358 e. The van der Waals surface area contributed by atoms with Crippen LogP contribution < -0.4 is 16.0 Å². The van der Waals surface area contributed by atoms with E-state index in [2.05, 4.69) is 59.1 Å². The van der Waals surface area contributed by atoms with E-state index < -0.39 is 6.17 Å². The lowest BCUT2D eigenvalue weighted by molar-refractivity contribution is -0.134.